The number of nitrogens with zero attached hydrogens (tertiary/aromatic N) is 2. The molecule has 2 heterocycles. The Bertz CT molecular complexity index is 635. The van der Waals surface area contributed by atoms with Crippen molar-refractivity contribution >= 4 is 0 Å². The first kappa shape index (κ1) is 13.3. The largest absolute Gasteiger partial charge is 0.492 e. The van der Waals surface area contributed by atoms with Crippen molar-refractivity contribution in [3.63, 3.8) is 0 Å². The Hall–Kier alpha value is -2.17. The topological polar surface area (TPSA) is 67.9 Å². The summed E-state index contributed by atoms with van der Waals surface area (Å²) in [7, 11) is 0. The molecule has 1 N–H and O–H groups in total. The van der Waals surface area contributed by atoms with Crippen LogP contribution in [0.2, 0.25) is 0 Å². The van der Waals surface area contributed by atoms with Crippen LogP contribution in [0, 0.1) is 13.8 Å². The molecule has 2 aromatic heterocycles. The van der Waals surface area contributed by atoms with Gasteiger partial charge in [-0.3, -0.25) is 9.78 Å². The number of aromatic nitrogens is 3. The Morgan fingerprint density at radius 2 is 2.11 bits per heavy atom. The van der Waals surface area contributed by atoms with Gasteiger partial charge >= 0.3 is 0 Å². The van der Waals surface area contributed by atoms with E-state index in [1.165, 1.54) is 0 Å². The molecule has 0 unspecified atom stereocenters. The van der Waals surface area contributed by atoms with Crippen molar-refractivity contribution in [1.29, 1.82) is 0 Å². The van der Waals surface area contributed by atoms with Gasteiger partial charge in [0.15, 0.2) is 0 Å². The fourth-order valence-electron chi connectivity index (χ4n) is 1.77. The van der Waals surface area contributed by atoms with Gasteiger partial charge in [0.1, 0.15) is 11.6 Å². The number of aryl methyl sites for hydroxylation is 1. The van der Waals surface area contributed by atoms with Crippen LogP contribution in [0.5, 0.6) is 5.75 Å². The third-order valence-electron chi connectivity index (χ3n) is 2.73. The average molecular weight is 259 g/mol. The van der Waals surface area contributed by atoms with Crippen LogP contribution < -0.4 is 10.3 Å². The summed E-state index contributed by atoms with van der Waals surface area (Å²) in [5.41, 5.74) is 1.90. The zero-order valence-corrected chi connectivity index (χ0v) is 11.4. The van der Waals surface area contributed by atoms with Gasteiger partial charge in [0.25, 0.3) is 5.56 Å². The molecule has 5 heteroatoms. The van der Waals surface area contributed by atoms with E-state index in [4.69, 9.17) is 4.74 Å². The van der Waals surface area contributed by atoms with Gasteiger partial charge in [-0.15, -0.1) is 0 Å². The third-order valence-corrected chi connectivity index (χ3v) is 2.73. The summed E-state index contributed by atoms with van der Waals surface area (Å²) in [6, 6.07) is 1.86. The Morgan fingerprint density at radius 3 is 2.84 bits per heavy atom. The minimum Gasteiger partial charge on any atom is -0.492 e. The van der Waals surface area contributed by atoms with Crippen LogP contribution in [0.4, 0.5) is 0 Å². The van der Waals surface area contributed by atoms with Crippen molar-refractivity contribution in [1.82, 2.24) is 15.0 Å². The Kier molecular flexibility index (Phi) is 3.94. The first-order valence-corrected chi connectivity index (χ1v) is 6.27. The molecule has 2 aromatic rings. The minimum absolute atomic E-state index is 0.123. The van der Waals surface area contributed by atoms with Crippen LogP contribution >= 0.6 is 0 Å². The molecule has 0 aliphatic rings. The third kappa shape index (κ3) is 2.99. The van der Waals surface area contributed by atoms with Gasteiger partial charge in [0.05, 0.1) is 18.5 Å². The van der Waals surface area contributed by atoms with E-state index in [1.807, 2.05) is 13.0 Å². The van der Waals surface area contributed by atoms with E-state index in [0.29, 0.717) is 29.4 Å². The zero-order valence-electron chi connectivity index (χ0n) is 11.4. The lowest BCUT2D eigenvalue weighted by molar-refractivity contribution is 0.316. The monoisotopic (exact) mass is 259 g/mol. The number of rotatable bonds is 4. The summed E-state index contributed by atoms with van der Waals surface area (Å²) >= 11 is 0. The lowest BCUT2D eigenvalue weighted by atomic mass is 10.1. The van der Waals surface area contributed by atoms with Crippen molar-refractivity contribution in [2.24, 2.45) is 0 Å². The maximum atomic E-state index is 11.7. The Labute approximate surface area is 111 Å². The van der Waals surface area contributed by atoms with Gasteiger partial charge in [-0.2, -0.15) is 0 Å². The summed E-state index contributed by atoms with van der Waals surface area (Å²) in [5, 5.41) is 0. The summed E-state index contributed by atoms with van der Waals surface area (Å²) in [6.07, 6.45) is 4.28. The first-order valence-electron chi connectivity index (χ1n) is 6.27. The second kappa shape index (κ2) is 5.65. The molecule has 100 valence electrons. The van der Waals surface area contributed by atoms with E-state index in [-0.39, 0.29) is 5.56 Å². The molecule has 5 nitrogen and oxygen atoms in total. The molecule has 0 saturated heterocycles. The molecule has 2 rings (SSSR count). The molecule has 0 spiro atoms. The maximum Gasteiger partial charge on any atom is 0.254 e. The number of pyridine rings is 1. The van der Waals surface area contributed by atoms with E-state index in [9.17, 15) is 4.79 Å². The summed E-state index contributed by atoms with van der Waals surface area (Å²) in [6.45, 7) is 6.20. The number of hydrogen-bond donors (Lipinski definition) is 1. The van der Waals surface area contributed by atoms with E-state index >= 15 is 0 Å². The lowest BCUT2D eigenvalue weighted by Crippen LogP contribution is -2.14. The second-order valence-electron chi connectivity index (χ2n) is 4.38. The van der Waals surface area contributed by atoms with Crippen LogP contribution in [0.1, 0.15) is 24.7 Å². The molecule has 0 aliphatic carbocycles. The molecule has 0 atom stereocenters. The summed E-state index contributed by atoms with van der Waals surface area (Å²) in [4.78, 5) is 22.9. The van der Waals surface area contributed by atoms with Crippen LogP contribution in [0.3, 0.4) is 0 Å². The fraction of sp³-hybridized carbons (Fsp3) is 0.357. The Balaban J connectivity index is 2.44. The molecule has 19 heavy (non-hydrogen) atoms. The SMILES string of the molecule is CCCOc1cncc(-c2nc(C)[nH]c(=O)c2C)c1. The summed E-state index contributed by atoms with van der Waals surface area (Å²) in [5.74, 6) is 1.28. The van der Waals surface area contributed by atoms with Crippen molar-refractivity contribution in [2.45, 2.75) is 27.2 Å². The highest BCUT2D eigenvalue weighted by Crippen LogP contribution is 2.22. The van der Waals surface area contributed by atoms with Gasteiger partial charge in [0.2, 0.25) is 0 Å². The fourth-order valence-corrected chi connectivity index (χ4v) is 1.77. The lowest BCUT2D eigenvalue weighted by Gasteiger charge is -2.08. The van der Waals surface area contributed by atoms with E-state index < -0.39 is 0 Å². The van der Waals surface area contributed by atoms with Crippen molar-refractivity contribution in [3.8, 4) is 17.0 Å². The molecule has 0 saturated carbocycles. The molecular weight excluding hydrogens is 242 g/mol. The number of hydrogen-bond acceptors (Lipinski definition) is 4. The zero-order chi connectivity index (χ0) is 13.8. The Morgan fingerprint density at radius 1 is 1.32 bits per heavy atom. The summed E-state index contributed by atoms with van der Waals surface area (Å²) < 4.78 is 5.54. The molecular formula is C14H17N3O2. The van der Waals surface area contributed by atoms with Gasteiger partial charge in [-0.05, 0) is 26.3 Å². The van der Waals surface area contributed by atoms with Crippen molar-refractivity contribution < 1.29 is 4.74 Å². The van der Waals surface area contributed by atoms with Crippen LogP contribution in [-0.4, -0.2) is 21.6 Å². The van der Waals surface area contributed by atoms with Crippen LogP contribution in [-0.2, 0) is 0 Å². The molecule has 0 bridgehead atoms. The standard InChI is InChI=1S/C14H17N3O2/c1-4-5-19-12-6-11(7-15-8-12)13-9(2)14(18)17-10(3)16-13/h6-8H,4-5H2,1-3H3,(H,16,17,18). The number of ether oxygens (including phenoxy) is 1. The van der Waals surface area contributed by atoms with E-state index in [0.717, 1.165) is 12.0 Å². The van der Waals surface area contributed by atoms with Gasteiger partial charge in [-0.1, -0.05) is 6.92 Å². The van der Waals surface area contributed by atoms with Crippen LogP contribution in [0.25, 0.3) is 11.3 Å². The normalized spacial score (nSPS) is 10.5. The highest BCUT2D eigenvalue weighted by molar-refractivity contribution is 5.62. The molecule has 0 aromatic carbocycles. The number of H-pyrrole nitrogens is 1. The van der Waals surface area contributed by atoms with Gasteiger partial charge in [0, 0.05) is 17.3 Å². The maximum absolute atomic E-state index is 11.7. The molecule has 0 amide bonds. The van der Waals surface area contributed by atoms with E-state index in [2.05, 4.69) is 15.0 Å². The van der Waals surface area contributed by atoms with E-state index in [1.54, 1.807) is 26.2 Å². The van der Waals surface area contributed by atoms with Gasteiger partial charge < -0.3 is 9.72 Å². The number of nitrogens with one attached hydrogen (secondary N) is 1. The van der Waals surface area contributed by atoms with Crippen molar-refractivity contribution in [2.75, 3.05) is 6.61 Å². The quantitative estimate of drug-likeness (QED) is 0.914. The van der Waals surface area contributed by atoms with Crippen LogP contribution in [0.15, 0.2) is 23.3 Å². The molecule has 0 radical (unpaired) electrons. The molecule has 0 fully saturated rings. The first-order chi connectivity index (χ1) is 9.11. The highest BCUT2D eigenvalue weighted by Gasteiger charge is 2.09. The van der Waals surface area contributed by atoms with Gasteiger partial charge in [-0.25, -0.2) is 4.98 Å². The highest BCUT2D eigenvalue weighted by atomic mass is 16.5. The molecule has 0 aliphatic heterocycles. The smallest absolute Gasteiger partial charge is 0.254 e. The van der Waals surface area contributed by atoms with Crippen molar-refractivity contribution in [3.05, 3.63) is 40.2 Å². The predicted molar refractivity (Wildman–Crippen MR) is 73.3 cm³/mol. The average Bonchev–Trinajstić information content (AvgIpc) is 2.41. The predicted octanol–water partition coefficient (Wildman–Crippen LogP) is 2.24. The minimum atomic E-state index is -0.123. The second-order valence-corrected chi connectivity index (χ2v) is 4.38. The number of aromatic amines is 1.